The lowest BCUT2D eigenvalue weighted by Gasteiger charge is -1.92. The zero-order valence-electron chi connectivity index (χ0n) is 7.37. The molecule has 0 heterocycles. The van der Waals surface area contributed by atoms with E-state index in [1.165, 1.54) is 25.7 Å². The van der Waals surface area contributed by atoms with Crippen molar-refractivity contribution in [2.45, 2.75) is 25.7 Å². The van der Waals surface area contributed by atoms with Gasteiger partial charge in [-0.3, -0.25) is 0 Å². The third-order valence-electron chi connectivity index (χ3n) is 1.76. The molecule has 0 aromatic heterocycles. The first-order chi connectivity index (χ1) is 6.00. The van der Waals surface area contributed by atoms with E-state index in [9.17, 15) is 0 Å². The first-order valence-corrected chi connectivity index (χ1v) is 4.56. The number of rotatable bonds is 0. The molecule has 0 aromatic carbocycles. The number of allylic oxidation sites excluding steroid dienone is 8. The second-order valence-electron chi connectivity index (χ2n) is 2.83. The van der Waals surface area contributed by atoms with Crippen LogP contribution >= 0.6 is 0 Å². The molecule has 1 aliphatic carbocycles. The summed E-state index contributed by atoms with van der Waals surface area (Å²) >= 11 is 0. The maximum Gasteiger partial charge on any atom is -0.0184 e. The van der Waals surface area contributed by atoms with Crippen molar-refractivity contribution in [3.8, 4) is 0 Å². The van der Waals surface area contributed by atoms with Crippen LogP contribution < -0.4 is 0 Å². The Hall–Kier alpha value is -1.04. The Morgan fingerprint density at radius 2 is 1.58 bits per heavy atom. The topological polar surface area (TPSA) is 0 Å². The SMILES string of the molecule is [C]1=C\C=C\CCCC/C=C/C=C/1. The van der Waals surface area contributed by atoms with Gasteiger partial charge in [-0.25, -0.2) is 0 Å². The molecule has 1 aliphatic rings. The van der Waals surface area contributed by atoms with Gasteiger partial charge in [0.05, 0.1) is 0 Å². The molecule has 0 bridgehead atoms. The van der Waals surface area contributed by atoms with Crippen LogP contribution in [-0.2, 0) is 0 Å². The molecule has 0 saturated carbocycles. The van der Waals surface area contributed by atoms with Crippen LogP contribution in [0.3, 0.4) is 0 Å². The van der Waals surface area contributed by atoms with Crippen LogP contribution in [-0.4, -0.2) is 0 Å². The predicted molar refractivity (Wildman–Crippen MR) is 53.7 cm³/mol. The van der Waals surface area contributed by atoms with Crippen molar-refractivity contribution in [1.82, 2.24) is 0 Å². The van der Waals surface area contributed by atoms with Gasteiger partial charge in [0.2, 0.25) is 0 Å². The summed E-state index contributed by atoms with van der Waals surface area (Å²) < 4.78 is 0. The lowest BCUT2D eigenvalue weighted by atomic mass is 10.1. The Kier molecular flexibility index (Phi) is 5.02. The quantitative estimate of drug-likeness (QED) is 0.506. The molecule has 0 aromatic rings. The fraction of sp³-hybridized carbons (Fsp3) is 0.333. The zero-order chi connectivity index (χ0) is 8.49. The Labute approximate surface area is 75.0 Å². The molecule has 0 heteroatoms. The van der Waals surface area contributed by atoms with Gasteiger partial charge in [-0.1, -0.05) is 42.5 Å². The van der Waals surface area contributed by atoms with Crippen LogP contribution in [0.4, 0.5) is 0 Å². The minimum absolute atomic E-state index is 1.19. The zero-order valence-corrected chi connectivity index (χ0v) is 7.37. The smallest absolute Gasteiger partial charge is 0.0184 e. The summed E-state index contributed by atoms with van der Waals surface area (Å²) in [5.41, 5.74) is 0. The van der Waals surface area contributed by atoms with Crippen molar-refractivity contribution < 1.29 is 0 Å². The van der Waals surface area contributed by atoms with Gasteiger partial charge in [0.1, 0.15) is 0 Å². The van der Waals surface area contributed by atoms with E-state index in [4.69, 9.17) is 0 Å². The van der Waals surface area contributed by atoms with E-state index in [-0.39, 0.29) is 0 Å². The van der Waals surface area contributed by atoms with E-state index >= 15 is 0 Å². The summed E-state index contributed by atoms with van der Waals surface area (Å²) in [4.78, 5) is 0. The fourth-order valence-electron chi connectivity index (χ4n) is 1.09. The summed E-state index contributed by atoms with van der Waals surface area (Å²) in [6.45, 7) is 0. The molecule has 0 atom stereocenters. The van der Waals surface area contributed by atoms with Crippen LogP contribution in [0.25, 0.3) is 0 Å². The van der Waals surface area contributed by atoms with Crippen LogP contribution in [0.2, 0.25) is 0 Å². The number of hydrogen-bond acceptors (Lipinski definition) is 0. The highest BCUT2D eigenvalue weighted by Gasteiger charge is 1.82. The molecule has 0 amide bonds. The molecule has 63 valence electrons. The van der Waals surface area contributed by atoms with Crippen LogP contribution in [0.15, 0.2) is 42.5 Å². The maximum absolute atomic E-state index is 3.06. The third-order valence-corrected chi connectivity index (χ3v) is 1.76. The monoisotopic (exact) mass is 159 g/mol. The normalized spacial score (nSPS) is 29.3. The summed E-state index contributed by atoms with van der Waals surface area (Å²) in [6, 6.07) is 0. The van der Waals surface area contributed by atoms with Crippen molar-refractivity contribution >= 4 is 0 Å². The summed E-state index contributed by atoms with van der Waals surface area (Å²) in [5.74, 6) is 0. The predicted octanol–water partition coefficient (Wildman–Crippen LogP) is 3.59. The van der Waals surface area contributed by atoms with E-state index in [1.807, 2.05) is 18.2 Å². The lowest BCUT2D eigenvalue weighted by Crippen LogP contribution is -1.72. The third kappa shape index (κ3) is 4.73. The van der Waals surface area contributed by atoms with Gasteiger partial charge >= 0.3 is 0 Å². The van der Waals surface area contributed by atoms with Crippen molar-refractivity contribution in [3.63, 3.8) is 0 Å². The van der Waals surface area contributed by atoms with Gasteiger partial charge in [-0.15, -0.1) is 0 Å². The molecule has 1 radical (unpaired) electrons. The molecule has 12 heavy (non-hydrogen) atoms. The standard InChI is InChI=1S/C12H15/c1-2-4-6-8-10-12-11-9-7-5-3-1/h1-4,8,10,12H,5,7,9,11H2/b3-1+,4-2+,8-6?,12-10+. The summed E-state index contributed by atoms with van der Waals surface area (Å²) in [6.07, 6.45) is 22.5. The van der Waals surface area contributed by atoms with E-state index < -0.39 is 0 Å². The van der Waals surface area contributed by atoms with Gasteiger partial charge in [0, 0.05) is 0 Å². The first kappa shape index (κ1) is 9.05. The molecule has 0 nitrogen and oxygen atoms in total. The second kappa shape index (κ2) is 6.66. The average molecular weight is 159 g/mol. The Balaban J connectivity index is 2.43. The lowest BCUT2D eigenvalue weighted by molar-refractivity contribution is 0.762. The van der Waals surface area contributed by atoms with Crippen molar-refractivity contribution in [2.75, 3.05) is 0 Å². The van der Waals surface area contributed by atoms with E-state index in [1.54, 1.807) is 0 Å². The molecule has 1 rings (SSSR count). The molecule has 0 spiro atoms. The Morgan fingerprint density at radius 3 is 2.42 bits per heavy atom. The number of hydrogen-bond donors (Lipinski definition) is 0. The Bertz CT molecular complexity index is 180. The molecular weight excluding hydrogens is 144 g/mol. The van der Waals surface area contributed by atoms with E-state index in [0.717, 1.165) is 0 Å². The fourth-order valence-corrected chi connectivity index (χ4v) is 1.09. The van der Waals surface area contributed by atoms with Crippen molar-refractivity contribution in [3.05, 3.63) is 48.6 Å². The molecule has 0 fully saturated rings. The average Bonchev–Trinajstić information content (AvgIpc) is 2.05. The molecule has 0 N–H and O–H groups in total. The van der Waals surface area contributed by atoms with Crippen molar-refractivity contribution in [2.24, 2.45) is 0 Å². The summed E-state index contributed by atoms with van der Waals surface area (Å²) in [7, 11) is 0. The molecular formula is C12H15. The molecule has 0 saturated heterocycles. The van der Waals surface area contributed by atoms with Crippen LogP contribution in [0.5, 0.6) is 0 Å². The largest absolute Gasteiger partial charge is 0.0845 e. The minimum atomic E-state index is 1.19. The van der Waals surface area contributed by atoms with Crippen LogP contribution in [0, 0.1) is 6.08 Å². The van der Waals surface area contributed by atoms with E-state index in [2.05, 4.69) is 30.4 Å². The maximum atomic E-state index is 3.06. The highest BCUT2D eigenvalue weighted by molar-refractivity contribution is 5.11. The van der Waals surface area contributed by atoms with Gasteiger partial charge < -0.3 is 0 Å². The minimum Gasteiger partial charge on any atom is -0.0845 e. The highest BCUT2D eigenvalue weighted by Crippen LogP contribution is 2.02. The second-order valence-corrected chi connectivity index (χ2v) is 2.83. The first-order valence-electron chi connectivity index (χ1n) is 4.56. The van der Waals surface area contributed by atoms with Gasteiger partial charge in [-0.2, -0.15) is 0 Å². The molecule has 0 aliphatic heterocycles. The summed E-state index contributed by atoms with van der Waals surface area (Å²) in [5, 5.41) is 0. The highest BCUT2D eigenvalue weighted by atomic mass is 13.9. The van der Waals surface area contributed by atoms with Crippen molar-refractivity contribution in [1.29, 1.82) is 0 Å². The molecule has 0 unspecified atom stereocenters. The van der Waals surface area contributed by atoms with Gasteiger partial charge in [0.25, 0.3) is 0 Å². The van der Waals surface area contributed by atoms with Gasteiger partial charge in [0.15, 0.2) is 0 Å². The Morgan fingerprint density at radius 1 is 0.833 bits per heavy atom. The van der Waals surface area contributed by atoms with Gasteiger partial charge in [-0.05, 0) is 31.8 Å². The van der Waals surface area contributed by atoms with E-state index in [0.29, 0.717) is 0 Å². The van der Waals surface area contributed by atoms with Crippen LogP contribution in [0.1, 0.15) is 25.7 Å².